The molecule has 8 heteroatoms. The van der Waals surface area contributed by atoms with E-state index in [4.69, 9.17) is 0 Å². The molecule has 1 aromatic rings. The van der Waals surface area contributed by atoms with Crippen molar-refractivity contribution in [3.63, 3.8) is 0 Å². The molecule has 0 spiro atoms. The summed E-state index contributed by atoms with van der Waals surface area (Å²) in [7, 11) is -4.79. The van der Waals surface area contributed by atoms with Crippen molar-refractivity contribution in [3.8, 4) is 0 Å². The van der Waals surface area contributed by atoms with Gasteiger partial charge in [-0.25, -0.2) is 0 Å². The van der Waals surface area contributed by atoms with E-state index >= 15 is 0 Å². The maximum Gasteiger partial charge on any atom is 0.402 e. The Morgan fingerprint density at radius 2 is 1.86 bits per heavy atom. The van der Waals surface area contributed by atoms with Crippen LogP contribution in [0.5, 0.6) is 0 Å². The maximum atomic E-state index is 14.4. The van der Waals surface area contributed by atoms with E-state index < -0.39 is 19.4 Å². The number of nitrogens with zero attached hydrogens (tertiary/aromatic N) is 1. The van der Waals surface area contributed by atoms with Crippen LogP contribution >= 0.6 is 7.60 Å². The number of aliphatic hydroxyl groups excluding tert-OH is 1. The summed E-state index contributed by atoms with van der Waals surface area (Å²) in [6.07, 6.45) is -1.18. The minimum Gasteiger partial charge on any atom is -0.381 e. The van der Waals surface area contributed by atoms with Gasteiger partial charge in [0.1, 0.15) is 0 Å². The fourth-order valence-electron chi connectivity index (χ4n) is 1.88. The molecule has 0 saturated heterocycles. The van der Waals surface area contributed by atoms with Crippen LogP contribution in [0.15, 0.2) is 12.3 Å². The highest BCUT2D eigenvalue weighted by molar-refractivity contribution is 7.55. The standard InChI is InChI=1S/C13H20F2NO4P/c1-5-19-21(18,20-6-2)13(14,15)12(17)11-8-16-10(4)7-9(11)3/h7-8,12,17H,5-6H2,1-4H3. The minimum atomic E-state index is -4.79. The molecule has 0 radical (unpaired) electrons. The molecule has 21 heavy (non-hydrogen) atoms. The summed E-state index contributed by atoms with van der Waals surface area (Å²) in [5.41, 5.74) is -3.12. The van der Waals surface area contributed by atoms with Gasteiger partial charge in [0.25, 0.3) is 0 Å². The number of pyridine rings is 1. The molecule has 1 N–H and O–H groups in total. The summed E-state index contributed by atoms with van der Waals surface area (Å²) in [5.74, 6) is 0. The van der Waals surface area contributed by atoms with E-state index in [-0.39, 0.29) is 18.8 Å². The summed E-state index contributed by atoms with van der Waals surface area (Å²) < 4.78 is 50.4. The van der Waals surface area contributed by atoms with E-state index in [1.165, 1.54) is 13.8 Å². The first-order valence-electron chi connectivity index (χ1n) is 6.57. The second-order valence-corrected chi connectivity index (χ2v) is 6.61. The highest BCUT2D eigenvalue weighted by Crippen LogP contribution is 2.66. The quantitative estimate of drug-likeness (QED) is 0.777. The van der Waals surface area contributed by atoms with E-state index in [9.17, 15) is 18.5 Å². The Balaban J connectivity index is 3.23. The van der Waals surface area contributed by atoms with Gasteiger partial charge in [-0.05, 0) is 39.3 Å². The molecule has 5 nitrogen and oxygen atoms in total. The van der Waals surface area contributed by atoms with E-state index in [1.807, 2.05) is 0 Å². The second-order valence-electron chi connectivity index (χ2n) is 4.51. The molecule has 1 heterocycles. The predicted octanol–water partition coefficient (Wildman–Crippen LogP) is 3.59. The number of aliphatic hydroxyl groups is 1. The summed E-state index contributed by atoms with van der Waals surface area (Å²) >= 11 is 0. The van der Waals surface area contributed by atoms with Gasteiger partial charge in [0, 0.05) is 17.5 Å². The molecule has 0 amide bonds. The van der Waals surface area contributed by atoms with Gasteiger partial charge in [-0.2, -0.15) is 8.78 Å². The Morgan fingerprint density at radius 1 is 1.33 bits per heavy atom. The van der Waals surface area contributed by atoms with Gasteiger partial charge >= 0.3 is 13.3 Å². The lowest BCUT2D eigenvalue weighted by Crippen LogP contribution is -2.29. The molecule has 0 aromatic carbocycles. The summed E-state index contributed by atoms with van der Waals surface area (Å²) in [6, 6.07) is 1.56. The maximum absolute atomic E-state index is 14.4. The third-order valence-corrected chi connectivity index (χ3v) is 5.05. The third kappa shape index (κ3) is 3.66. The number of rotatable bonds is 7. The summed E-state index contributed by atoms with van der Waals surface area (Å²) in [4.78, 5) is 3.88. The normalized spacial score (nSPS) is 14.2. The summed E-state index contributed by atoms with van der Waals surface area (Å²) in [6.45, 7) is 5.68. The van der Waals surface area contributed by atoms with Crippen LogP contribution < -0.4 is 0 Å². The third-order valence-electron chi connectivity index (χ3n) is 2.87. The first-order valence-corrected chi connectivity index (χ1v) is 8.12. The van der Waals surface area contributed by atoms with E-state index in [0.717, 1.165) is 6.20 Å². The lowest BCUT2D eigenvalue weighted by atomic mass is 10.1. The van der Waals surface area contributed by atoms with Crippen LogP contribution in [0, 0.1) is 13.8 Å². The Hall–Kier alpha value is -0.880. The molecule has 0 aliphatic rings. The highest BCUT2D eigenvalue weighted by Gasteiger charge is 2.59. The highest BCUT2D eigenvalue weighted by atomic mass is 31.2. The topological polar surface area (TPSA) is 68.7 Å². The molecule has 0 saturated carbocycles. The van der Waals surface area contributed by atoms with Crippen molar-refractivity contribution < 1.29 is 27.5 Å². The zero-order chi connectivity index (χ0) is 16.3. The largest absolute Gasteiger partial charge is 0.402 e. The van der Waals surface area contributed by atoms with E-state index in [0.29, 0.717) is 11.3 Å². The number of halogens is 2. The monoisotopic (exact) mass is 323 g/mol. The Kier molecular flexibility index (Phi) is 5.99. The van der Waals surface area contributed by atoms with Crippen molar-refractivity contribution in [2.75, 3.05) is 13.2 Å². The average Bonchev–Trinajstić information content (AvgIpc) is 2.38. The molecule has 1 rings (SSSR count). The van der Waals surface area contributed by atoms with E-state index in [2.05, 4.69) is 14.0 Å². The SMILES string of the molecule is CCOP(=O)(OCC)C(F)(F)C(O)c1cnc(C)cc1C. The fraction of sp³-hybridized carbons (Fsp3) is 0.615. The van der Waals surface area contributed by atoms with Crippen molar-refractivity contribution in [2.45, 2.75) is 39.5 Å². The lowest BCUT2D eigenvalue weighted by molar-refractivity contribution is -0.0680. The number of hydrogen-bond acceptors (Lipinski definition) is 5. The van der Waals surface area contributed by atoms with E-state index in [1.54, 1.807) is 19.9 Å². The van der Waals surface area contributed by atoms with Gasteiger partial charge in [-0.3, -0.25) is 9.55 Å². The number of hydrogen-bond donors (Lipinski definition) is 1. The molecule has 0 fully saturated rings. The Labute approximate surface area is 122 Å². The smallest absolute Gasteiger partial charge is 0.381 e. The zero-order valence-electron chi connectivity index (χ0n) is 12.5. The second kappa shape index (κ2) is 6.92. The van der Waals surface area contributed by atoms with Crippen LogP contribution in [0.2, 0.25) is 0 Å². The zero-order valence-corrected chi connectivity index (χ0v) is 13.4. The van der Waals surface area contributed by atoms with Gasteiger partial charge in [0.15, 0.2) is 6.10 Å². The molecular formula is C13H20F2NO4P. The summed E-state index contributed by atoms with van der Waals surface area (Å²) in [5, 5.41) is 9.99. The van der Waals surface area contributed by atoms with Gasteiger partial charge < -0.3 is 14.2 Å². The molecule has 120 valence electrons. The van der Waals surface area contributed by atoms with Crippen molar-refractivity contribution >= 4 is 7.60 Å². The first-order chi connectivity index (χ1) is 9.69. The minimum absolute atomic E-state index is 0.106. The molecule has 1 atom stereocenters. The van der Waals surface area contributed by atoms with Crippen molar-refractivity contribution in [1.82, 2.24) is 4.98 Å². The van der Waals surface area contributed by atoms with Crippen LogP contribution in [0.25, 0.3) is 0 Å². The molecule has 0 aliphatic carbocycles. The van der Waals surface area contributed by atoms with Gasteiger partial charge in [0.2, 0.25) is 0 Å². The van der Waals surface area contributed by atoms with Gasteiger partial charge in [0.05, 0.1) is 13.2 Å². The fourth-order valence-corrected chi connectivity index (χ4v) is 3.42. The van der Waals surface area contributed by atoms with Crippen LogP contribution in [0.1, 0.15) is 36.8 Å². The predicted molar refractivity (Wildman–Crippen MR) is 74.5 cm³/mol. The molecule has 1 unspecified atom stereocenters. The van der Waals surface area contributed by atoms with Crippen molar-refractivity contribution in [3.05, 3.63) is 29.1 Å². The number of aryl methyl sites for hydroxylation is 2. The van der Waals surface area contributed by atoms with Crippen LogP contribution in [0.3, 0.4) is 0 Å². The van der Waals surface area contributed by atoms with Crippen LogP contribution in [0.4, 0.5) is 8.78 Å². The Bertz CT molecular complexity index is 529. The van der Waals surface area contributed by atoms with Gasteiger partial charge in [-0.1, -0.05) is 0 Å². The lowest BCUT2D eigenvalue weighted by Gasteiger charge is -2.29. The first kappa shape index (κ1) is 18.2. The molecule has 0 bridgehead atoms. The number of alkyl halides is 2. The molecule has 1 aromatic heterocycles. The molecular weight excluding hydrogens is 303 g/mol. The van der Waals surface area contributed by atoms with Crippen molar-refractivity contribution in [2.24, 2.45) is 0 Å². The number of aromatic nitrogens is 1. The average molecular weight is 323 g/mol. The van der Waals surface area contributed by atoms with Crippen LogP contribution in [-0.4, -0.2) is 29.0 Å². The molecule has 0 aliphatic heterocycles. The van der Waals surface area contributed by atoms with Crippen LogP contribution in [-0.2, 0) is 13.6 Å². The van der Waals surface area contributed by atoms with Crippen molar-refractivity contribution in [1.29, 1.82) is 0 Å². The Morgan fingerprint density at radius 3 is 2.29 bits per heavy atom. The van der Waals surface area contributed by atoms with Gasteiger partial charge in [-0.15, -0.1) is 0 Å².